The number of pyridine rings is 1. The fourth-order valence-electron chi connectivity index (χ4n) is 3.14. The van der Waals surface area contributed by atoms with Gasteiger partial charge < -0.3 is 0 Å². The van der Waals surface area contributed by atoms with Crippen molar-refractivity contribution in [2.24, 2.45) is 0 Å². The number of hydrogen-bond donors (Lipinski definition) is 0. The van der Waals surface area contributed by atoms with Crippen molar-refractivity contribution < 1.29 is 0 Å². The molecule has 2 heterocycles. The van der Waals surface area contributed by atoms with Crippen LogP contribution in [0.3, 0.4) is 0 Å². The lowest BCUT2D eigenvalue weighted by molar-refractivity contribution is 0.520. The lowest BCUT2D eigenvalue weighted by Gasteiger charge is -2.25. The molecule has 0 N–H and O–H groups in total. The minimum atomic E-state index is 0.0893. The van der Waals surface area contributed by atoms with E-state index in [-0.39, 0.29) is 10.8 Å². The Morgan fingerprint density at radius 3 is 2.48 bits per heavy atom. The molecule has 0 aliphatic rings. The van der Waals surface area contributed by atoms with E-state index in [0.717, 1.165) is 6.42 Å². The minimum absolute atomic E-state index is 0.0893. The van der Waals surface area contributed by atoms with Gasteiger partial charge in [-0.05, 0) is 56.8 Å². The molecule has 3 aromatic rings. The lowest BCUT2D eigenvalue weighted by Crippen LogP contribution is -2.20. The van der Waals surface area contributed by atoms with Crippen molar-refractivity contribution in [3.8, 4) is 0 Å². The molecule has 0 unspecified atom stereocenters. The first-order chi connectivity index (χ1) is 10.8. The summed E-state index contributed by atoms with van der Waals surface area (Å²) >= 11 is 1.86. The number of hydrogen-bond acceptors (Lipinski definition) is 2. The zero-order valence-corrected chi connectivity index (χ0v) is 15.5. The fraction of sp³-hybridized carbons (Fsp3) is 0.381. The third-order valence-corrected chi connectivity index (χ3v) is 5.48. The van der Waals surface area contributed by atoms with Gasteiger partial charge in [-0.15, -0.1) is 11.3 Å². The second-order valence-corrected chi connectivity index (χ2v) is 8.94. The predicted octanol–water partition coefficient (Wildman–Crippen LogP) is 6.11. The molecule has 0 fully saturated rings. The summed E-state index contributed by atoms with van der Waals surface area (Å²) < 4.78 is 1.40. The van der Waals surface area contributed by atoms with Crippen LogP contribution >= 0.6 is 11.3 Å². The van der Waals surface area contributed by atoms with Crippen LogP contribution < -0.4 is 0 Å². The van der Waals surface area contributed by atoms with Crippen molar-refractivity contribution in [1.82, 2.24) is 4.98 Å². The van der Waals surface area contributed by atoms with E-state index in [1.54, 1.807) is 0 Å². The highest BCUT2D eigenvalue weighted by molar-refractivity contribution is 7.17. The molecular formula is C21H25NS. The topological polar surface area (TPSA) is 12.9 Å². The Morgan fingerprint density at radius 1 is 1.04 bits per heavy atom. The number of thiophene rings is 1. The molecule has 0 atom stereocenters. The van der Waals surface area contributed by atoms with Gasteiger partial charge in [0.2, 0.25) is 0 Å². The first-order valence-corrected chi connectivity index (χ1v) is 9.06. The lowest BCUT2D eigenvalue weighted by atomic mass is 9.79. The van der Waals surface area contributed by atoms with Crippen LogP contribution in [0.4, 0.5) is 0 Å². The number of fused-ring (bicyclic) bond motifs is 1. The van der Waals surface area contributed by atoms with Crippen LogP contribution in [0, 0.1) is 0 Å². The van der Waals surface area contributed by atoms with Crippen LogP contribution in [0.2, 0.25) is 0 Å². The maximum atomic E-state index is 4.27. The Kier molecular flexibility index (Phi) is 4.05. The fourth-order valence-corrected chi connectivity index (χ4v) is 4.39. The smallest absolute Gasteiger partial charge is 0.0348 e. The quantitative estimate of drug-likeness (QED) is 0.566. The predicted molar refractivity (Wildman–Crippen MR) is 101 cm³/mol. The molecule has 23 heavy (non-hydrogen) atoms. The normalized spacial score (nSPS) is 12.7. The summed E-state index contributed by atoms with van der Waals surface area (Å²) in [4.78, 5) is 4.27. The summed E-state index contributed by atoms with van der Waals surface area (Å²) in [6.45, 7) is 11.4. The van der Waals surface area contributed by atoms with Gasteiger partial charge in [0.1, 0.15) is 0 Å². The van der Waals surface area contributed by atoms with Gasteiger partial charge in [0.25, 0.3) is 0 Å². The highest BCUT2D eigenvalue weighted by atomic mass is 32.1. The van der Waals surface area contributed by atoms with Crippen molar-refractivity contribution in [3.05, 3.63) is 64.8 Å². The monoisotopic (exact) mass is 323 g/mol. The Bertz CT molecular complexity index is 807. The van der Waals surface area contributed by atoms with Gasteiger partial charge in [0.15, 0.2) is 0 Å². The molecule has 0 amide bonds. The molecule has 1 aromatic carbocycles. The van der Waals surface area contributed by atoms with Crippen molar-refractivity contribution in [1.29, 1.82) is 0 Å². The third kappa shape index (κ3) is 3.32. The summed E-state index contributed by atoms with van der Waals surface area (Å²) in [6.07, 6.45) is 4.85. The van der Waals surface area contributed by atoms with Crippen LogP contribution in [0.25, 0.3) is 10.1 Å². The maximum absolute atomic E-state index is 4.27. The second-order valence-electron chi connectivity index (χ2n) is 8.03. The van der Waals surface area contributed by atoms with E-state index in [1.807, 2.05) is 29.8 Å². The largest absolute Gasteiger partial charge is 0.264 e. The van der Waals surface area contributed by atoms with Gasteiger partial charge in [-0.25, -0.2) is 0 Å². The van der Waals surface area contributed by atoms with Crippen molar-refractivity contribution in [2.45, 2.75) is 51.9 Å². The first kappa shape index (κ1) is 16.2. The van der Waals surface area contributed by atoms with E-state index in [0.29, 0.717) is 0 Å². The summed E-state index contributed by atoms with van der Waals surface area (Å²) in [7, 11) is 0. The Balaban J connectivity index is 1.93. The highest BCUT2D eigenvalue weighted by Crippen LogP contribution is 2.36. The third-order valence-electron chi connectivity index (χ3n) is 4.54. The zero-order valence-electron chi connectivity index (χ0n) is 14.7. The van der Waals surface area contributed by atoms with Crippen molar-refractivity contribution >= 4 is 21.4 Å². The Hall–Kier alpha value is -1.67. The minimum Gasteiger partial charge on any atom is -0.264 e. The first-order valence-electron chi connectivity index (χ1n) is 8.18. The standard InChI is InChI=1S/C21H25NS/c1-20(2,3)18-14-23-19-11-15(8-9-17(18)19)12-21(4,5)16-7-6-10-22-13-16/h6-11,13-14H,12H2,1-5H3. The Labute approximate surface area is 143 Å². The molecule has 0 saturated carbocycles. The molecule has 0 aliphatic carbocycles. The van der Waals surface area contributed by atoms with Crippen LogP contribution in [0.15, 0.2) is 48.1 Å². The summed E-state index contributed by atoms with van der Waals surface area (Å²) in [5.41, 5.74) is 4.44. The van der Waals surface area contributed by atoms with Crippen LogP contribution in [-0.2, 0) is 17.3 Å². The van der Waals surface area contributed by atoms with Crippen LogP contribution in [0.5, 0.6) is 0 Å². The number of rotatable bonds is 3. The second kappa shape index (κ2) is 5.76. The van der Waals surface area contributed by atoms with Gasteiger partial charge >= 0.3 is 0 Å². The molecule has 0 aliphatic heterocycles. The van der Waals surface area contributed by atoms with Gasteiger partial charge in [-0.2, -0.15) is 0 Å². The van der Waals surface area contributed by atoms with E-state index in [1.165, 1.54) is 26.8 Å². The zero-order chi connectivity index (χ0) is 16.7. The van der Waals surface area contributed by atoms with Gasteiger partial charge in [-0.3, -0.25) is 4.98 Å². The highest BCUT2D eigenvalue weighted by Gasteiger charge is 2.22. The van der Waals surface area contributed by atoms with E-state index >= 15 is 0 Å². The van der Waals surface area contributed by atoms with Gasteiger partial charge in [0, 0.05) is 17.1 Å². The maximum Gasteiger partial charge on any atom is 0.0348 e. The molecule has 0 bridgehead atoms. The average Bonchev–Trinajstić information content (AvgIpc) is 2.91. The van der Waals surface area contributed by atoms with E-state index < -0.39 is 0 Å². The van der Waals surface area contributed by atoms with Crippen molar-refractivity contribution in [2.75, 3.05) is 0 Å². The number of nitrogens with zero attached hydrogens (tertiary/aromatic N) is 1. The summed E-state index contributed by atoms with van der Waals surface area (Å²) in [5, 5.41) is 3.73. The molecule has 0 saturated heterocycles. The van der Waals surface area contributed by atoms with Gasteiger partial charge in [-0.1, -0.05) is 52.8 Å². The summed E-state index contributed by atoms with van der Waals surface area (Å²) in [5.74, 6) is 0. The van der Waals surface area contributed by atoms with E-state index in [2.05, 4.69) is 69.2 Å². The SMILES string of the molecule is CC(C)(C)c1csc2cc(CC(C)(C)c3cccnc3)ccc12. The molecule has 0 spiro atoms. The Morgan fingerprint density at radius 2 is 1.83 bits per heavy atom. The molecule has 1 nitrogen and oxygen atoms in total. The molecule has 2 aromatic heterocycles. The molecule has 0 radical (unpaired) electrons. The van der Waals surface area contributed by atoms with Gasteiger partial charge in [0.05, 0.1) is 0 Å². The van der Waals surface area contributed by atoms with E-state index in [9.17, 15) is 0 Å². The van der Waals surface area contributed by atoms with Crippen molar-refractivity contribution in [3.63, 3.8) is 0 Å². The molecule has 3 rings (SSSR count). The molecule has 2 heteroatoms. The summed E-state index contributed by atoms with van der Waals surface area (Å²) in [6, 6.07) is 11.2. The van der Waals surface area contributed by atoms with Crippen LogP contribution in [-0.4, -0.2) is 4.98 Å². The van der Waals surface area contributed by atoms with E-state index in [4.69, 9.17) is 0 Å². The molecule has 120 valence electrons. The van der Waals surface area contributed by atoms with Crippen LogP contribution in [0.1, 0.15) is 51.3 Å². The number of aromatic nitrogens is 1. The molecular weight excluding hydrogens is 298 g/mol. The average molecular weight is 324 g/mol. The number of benzene rings is 1.